The van der Waals surface area contributed by atoms with Crippen molar-refractivity contribution in [3.05, 3.63) is 63.5 Å². The Balaban J connectivity index is 2.28. The summed E-state index contributed by atoms with van der Waals surface area (Å²) in [4.78, 5) is 0. The zero-order chi connectivity index (χ0) is 15.9. The molecule has 0 aromatic heterocycles. The molecular formula is C16H13BrN4O. The van der Waals surface area contributed by atoms with Gasteiger partial charge in [0.2, 0.25) is 5.88 Å². The summed E-state index contributed by atoms with van der Waals surface area (Å²) in [7, 11) is 0. The molecule has 1 aliphatic heterocycles. The second-order valence-electron chi connectivity index (χ2n) is 4.97. The van der Waals surface area contributed by atoms with Gasteiger partial charge in [-0.2, -0.15) is 5.26 Å². The zero-order valence-electron chi connectivity index (χ0n) is 11.5. The Labute approximate surface area is 136 Å². The number of anilines is 2. The molecule has 22 heavy (non-hydrogen) atoms. The largest absolute Gasteiger partial charge is 0.438 e. The lowest BCUT2D eigenvalue weighted by Gasteiger charge is -2.27. The van der Waals surface area contributed by atoms with Gasteiger partial charge in [0.1, 0.15) is 11.6 Å². The minimum absolute atomic E-state index is 0.0530. The number of nitrogens with zero attached hydrogens (tertiary/aromatic N) is 1. The number of fused-ring (bicyclic) bond motifs is 1. The number of rotatable bonds is 1. The molecule has 3 rings (SSSR count). The van der Waals surface area contributed by atoms with Crippen molar-refractivity contribution in [1.82, 2.24) is 0 Å². The molecule has 110 valence electrons. The molecule has 1 atom stereocenters. The van der Waals surface area contributed by atoms with Crippen molar-refractivity contribution in [3.8, 4) is 11.8 Å². The van der Waals surface area contributed by atoms with Crippen molar-refractivity contribution in [3.63, 3.8) is 0 Å². The maximum Gasteiger partial charge on any atom is 0.205 e. The summed E-state index contributed by atoms with van der Waals surface area (Å²) in [5.74, 6) is 0.132. The second kappa shape index (κ2) is 5.28. The van der Waals surface area contributed by atoms with Crippen LogP contribution in [0.3, 0.4) is 0 Å². The van der Waals surface area contributed by atoms with E-state index in [0.717, 1.165) is 15.6 Å². The van der Waals surface area contributed by atoms with Gasteiger partial charge in [0.25, 0.3) is 0 Å². The third-order valence-corrected chi connectivity index (χ3v) is 4.13. The van der Waals surface area contributed by atoms with Gasteiger partial charge in [0.15, 0.2) is 5.75 Å². The van der Waals surface area contributed by atoms with Gasteiger partial charge in [0.05, 0.1) is 17.3 Å². The number of nitrogens with two attached hydrogens (primary N) is 3. The molecule has 0 saturated carbocycles. The molecule has 0 aliphatic carbocycles. The van der Waals surface area contributed by atoms with Crippen LogP contribution in [0.5, 0.6) is 5.75 Å². The number of allylic oxidation sites excluding steroid dienone is 1. The first kappa shape index (κ1) is 14.3. The molecule has 0 bridgehead atoms. The smallest absolute Gasteiger partial charge is 0.205 e. The Morgan fingerprint density at radius 1 is 1.14 bits per heavy atom. The van der Waals surface area contributed by atoms with Crippen LogP contribution in [0.25, 0.3) is 0 Å². The minimum Gasteiger partial charge on any atom is -0.438 e. The summed E-state index contributed by atoms with van der Waals surface area (Å²) in [6.45, 7) is 0. The van der Waals surface area contributed by atoms with Gasteiger partial charge in [0, 0.05) is 10.0 Å². The highest BCUT2D eigenvalue weighted by atomic mass is 79.9. The van der Waals surface area contributed by atoms with Crippen LogP contribution in [0, 0.1) is 11.3 Å². The summed E-state index contributed by atoms with van der Waals surface area (Å²) >= 11 is 3.45. The Bertz CT molecular complexity index is 839. The zero-order valence-corrected chi connectivity index (χ0v) is 13.1. The number of halogens is 1. The third kappa shape index (κ3) is 2.16. The number of benzene rings is 2. The molecule has 0 amide bonds. The number of hydrogen-bond donors (Lipinski definition) is 3. The van der Waals surface area contributed by atoms with Crippen LogP contribution < -0.4 is 21.9 Å². The van der Waals surface area contributed by atoms with E-state index in [2.05, 4.69) is 22.0 Å². The fraction of sp³-hybridized carbons (Fsp3) is 0.0625. The van der Waals surface area contributed by atoms with Crippen LogP contribution in [-0.2, 0) is 0 Å². The normalized spacial score (nSPS) is 16.6. The molecule has 2 aromatic rings. The lowest BCUT2D eigenvalue weighted by atomic mass is 9.83. The summed E-state index contributed by atoms with van der Waals surface area (Å²) in [5, 5.41) is 9.48. The average Bonchev–Trinajstić information content (AvgIpc) is 2.50. The summed E-state index contributed by atoms with van der Waals surface area (Å²) in [6, 6.07) is 13.4. The quantitative estimate of drug-likeness (QED) is 0.680. The number of nitriles is 1. The van der Waals surface area contributed by atoms with Crippen molar-refractivity contribution < 1.29 is 4.74 Å². The summed E-state index contributed by atoms with van der Waals surface area (Å²) in [5.41, 5.74) is 20.5. The van der Waals surface area contributed by atoms with Crippen LogP contribution >= 0.6 is 15.9 Å². The Morgan fingerprint density at radius 2 is 1.91 bits per heavy atom. The predicted molar refractivity (Wildman–Crippen MR) is 88.7 cm³/mol. The lowest BCUT2D eigenvalue weighted by Crippen LogP contribution is -2.22. The highest BCUT2D eigenvalue weighted by Crippen LogP contribution is 2.46. The molecule has 0 saturated heterocycles. The molecular weight excluding hydrogens is 344 g/mol. The molecule has 1 unspecified atom stereocenters. The van der Waals surface area contributed by atoms with E-state index in [1.165, 1.54) is 0 Å². The van der Waals surface area contributed by atoms with Crippen molar-refractivity contribution in [2.45, 2.75) is 5.92 Å². The maximum absolute atomic E-state index is 9.48. The molecule has 5 nitrogen and oxygen atoms in total. The molecule has 6 heteroatoms. The van der Waals surface area contributed by atoms with Gasteiger partial charge < -0.3 is 21.9 Å². The van der Waals surface area contributed by atoms with E-state index in [0.29, 0.717) is 22.7 Å². The fourth-order valence-corrected chi connectivity index (χ4v) is 3.00. The van der Waals surface area contributed by atoms with E-state index in [1.807, 2.05) is 30.3 Å². The lowest BCUT2D eigenvalue weighted by molar-refractivity contribution is 0.396. The highest BCUT2D eigenvalue weighted by molar-refractivity contribution is 9.10. The van der Waals surface area contributed by atoms with Crippen molar-refractivity contribution in [1.29, 1.82) is 5.26 Å². The van der Waals surface area contributed by atoms with Crippen molar-refractivity contribution >= 4 is 27.3 Å². The first-order valence-electron chi connectivity index (χ1n) is 6.53. The number of nitrogen functional groups attached to an aromatic ring is 2. The standard InChI is InChI=1S/C16H13BrN4O/c17-9-3-1-2-8(6-9)13-10-4-5-12(19)14(20)15(10)22-16(21)11(13)7-18/h1-6,13H,19-21H2. The monoisotopic (exact) mass is 356 g/mol. The molecule has 1 aliphatic rings. The van der Waals surface area contributed by atoms with Gasteiger partial charge in [-0.25, -0.2) is 0 Å². The van der Waals surface area contributed by atoms with Crippen LogP contribution in [0.15, 0.2) is 52.3 Å². The second-order valence-corrected chi connectivity index (χ2v) is 5.88. The first-order chi connectivity index (χ1) is 10.5. The fourth-order valence-electron chi connectivity index (χ4n) is 2.59. The summed E-state index contributed by atoms with van der Waals surface area (Å²) < 4.78 is 6.46. The van der Waals surface area contributed by atoms with E-state index in [-0.39, 0.29) is 11.8 Å². The van der Waals surface area contributed by atoms with Gasteiger partial charge in [-0.3, -0.25) is 0 Å². The van der Waals surface area contributed by atoms with Crippen LogP contribution in [0.1, 0.15) is 17.0 Å². The van der Waals surface area contributed by atoms with Crippen molar-refractivity contribution in [2.24, 2.45) is 5.73 Å². The molecule has 2 aromatic carbocycles. The predicted octanol–water partition coefficient (Wildman–Crippen LogP) is 2.83. The van der Waals surface area contributed by atoms with Crippen LogP contribution in [0.2, 0.25) is 0 Å². The van der Waals surface area contributed by atoms with Crippen LogP contribution in [0.4, 0.5) is 11.4 Å². The summed E-state index contributed by atoms with van der Waals surface area (Å²) in [6.07, 6.45) is 0. The first-order valence-corrected chi connectivity index (χ1v) is 7.33. The van der Waals surface area contributed by atoms with E-state index in [4.69, 9.17) is 21.9 Å². The van der Waals surface area contributed by atoms with Gasteiger partial charge in [-0.05, 0) is 23.8 Å². The maximum atomic E-state index is 9.48. The van der Waals surface area contributed by atoms with E-state index in [1.54, 1.807) is 6.07 Å². The highest BCUT2D eigenvalue weighted by Gasteiger charge is 2.32. The Morgan fingerprint density at radius 3 is 2.59 bits per heavy atom. The topological polar surface area (TPSA) is 111 Å². The van der Waals surface area contributed by atoms with Gasteiger partial charge in [-0.1, -0.05) is 34.1 Å². The van der Waals surface area contributed by atoms with Gasteiger partial charge >= 0.3 is 0 Å². The van der Waals surface area contributed by atoms with Crippen molar-refractivity contribution in [2.75, 3.05) is 11.5 Å². The molecule has 6 N–H and O–H groups in total. The van der Waals surface area contributed by atoms with E-state index >= 15 is 0 Å². The average molecular weight is 357 g/mol. The SMILES string of the molecule is N#CC1=C(N)Oc2c(ccc(N)c2N)C1c1cccc(Br)c1. The van der Waals surface area contributed by atoms with E-state index in [9.17, 15) is 5.26 Å². The number of hydrogen-bond acceptors (Lipinski definition) is 5. The van der Waals surface area contributed by atoms with Crippen LogP contribution in [-0.4, -0.2) is 0 Å². The Hall–Kier alpha value is -2.65. The minimum atomic E-state index is -0.339. The van der Waals surface area contributed by atoms with E-state index < -0.39 is 0 Å². The molecule has 0 radical (unpaired) electrons. The third-order valence-electron chi connectivity index (χ3n) is 3.64. The Kier molecular flexibility index (Phi) is 3.43. The molecule has 1 heterocycles. The molecule has 0 spiro atoms. The molecule has 0 fully saturated rings. The van der Waals surface area contributed by atoms with Gasteiger partial charge in [-0.15, -0.1) is 0 Å². The number of ether oxygens (including phenoxy) is 1.